The van der Waals surface area contributed by atoms with E-state index in [2.05, 4.69) is 5.32 Å². The van der Waals surface area contributed by atoms with E-state index in [-0.39, 0.29) is 17.9 Å². The van der Waals surface area contributed by atoms with Crippen LogP contribution in [0.2, 0.25) is 0 Å². The van der Waals surface area contributed by atoms with Crippen molar-refractivity contribution in [3.8, 4) is 0 Å². The molecule has 0 aliphatic carbocycles. The van der Waals surface area contributed by atoms with E-state index in [9.17, 15) is 22.8 Å². The summed E-state index contributed by atoms with van der Waals surface area (Å²) in [6.45, 7) is 1.72. The fourth-order valence-electron chi connectivity index (χ4n) is 4.13. The Hall–Kier alpha value is -3.98. The highest BCUT2D eigenvalue weighted by Gasteiger charge is 2.60. The summed E-state index contributed by atoms with van der Waals surface area (Å²) in [5.74, 6) is -1.49. The van der Waals surface area contributed by atoms with Crippen LogP contribution in [-0.4, -0.2) is 43.1 Å². The summed E-state index contributed by atoms with van der Waals surface area (Å²) in [5, 5.41) is 2.70. The van der Waals surface area contributed by atoms with Crippen LogP contribution in [0, 0.1) is 0 Å². The van der Waals surface area contributed by atoms with Gasteiger partial charge in [-0.2, -0.15) is 0 Å². The van der Waals surface area contributed by atoms with Crippen LogP contribution in [0.15, 0.2) is 89.8 Å². The second kappa shape index (κ2) is 9.94. The van der Waals surface area contributed by atoms with Gasteiger partial charge in [-0.3, -0.25) is 9.59 Å². The highest BCUT2D eigenvalue weighted by Crippen LogP contribution is 2.35. The van der Waals surface area contributed by atoms with Gasteiger partial charge in [0.25, 0.3) is 17.4 Å². The third-order valence-electron chi connectivity index (χ3n) is 6.16. The number of benzene rings is 3. The van der Waals surface area contributed by atoms with Crippen LogP contribution in [-0.2, 0) is 37.1 Å². The molecule has 1 fully saturated rings. The third-order valence-corrected chi connectivity index (χ3v) is 7.29. The summed E-state index contributed by atoms with van der Waals surface area (Å²) in [6, 6.07) is 23.3. The molecule has 0 radical (unpaired) electrons. The number of imide groups is 1. The molecule has 1 N–H and O–H groups in total. The molecular weight excluding hydrogens is 480 g/mol. The number of ether oxygens (including phenoxy) is 1. The van der Waals surface area contributed by atoms with E-state index in [0.717, 1.165) is 16.7 Å². The first kappa shape index (κ1) is 25.1. The van der Waals surface area contributed by atoms with Crippen molar-refractivity contribution in [2.24, 2.45) is 0 Å². The van der Waals surface area contributed by atoms with Gasteiger partial charge in [0, 0.05) is 19.2 Å². The molecule has 186 valence electrons. The molecule has 0 bridgehead atoms. The van der Waals surface area contributed by atoms with E-state index >= 15 is 0 Å². The lowest BCUT2D eigenvalue weighted by Crippen LogP contribution is -2.55. The molecule has 0 aromatic heterocycles. The molecule has 0 spiro atoms. The second-order valence-corrected chi connectivity index (χ2v) is 10.7. The van der Waals surface area contributed by atoms with Crippen LogP contribution in [0.5, 0.6) is 0 Å². The molecule has 1 aliphatic rings. The smallest absolute Gasteiger partial charge is 0.418 e. The summed E-state index contributed by atoms with van der Waals surface area (Å²) in [4.78, 5) is 41.3. The molecule has 3 aromatic carbocycles. The van der Waals surface area contributed by atoms with Gasteiger partial charge >= 0.3 is 6.09 Å². The summed E-state index contributed by atoms with van der Waals surface area (Å²) >= 11 is 0. The van der Waals surface area contributed by atoms with Gasteiger partial charge in [-0.05, 0) is 35.7 Å². The van der Waals surface area contributed by atoms with E-state index in [4.69, 9.17) is 4.74 Å². The molecule has 4 rings (SSSR count). The number of nitrogens with zero attached hydrogens (tertiary/aromatic N) is 1. The molecule has 1 saturated heterocycles. The molecule has 9 heteroatoms. The zero-order valence-corrected chi connectivity index (χ0v) is 20.7. The Morgan fingerprint density at radius 1 is 0.917 bits per heavy atom. The van der Waals surface area contributed by atoms with Gasteiger partial charge in [-0.1, -0.05) is 72.8 Å². The summed E-state index contributed by atoms with van der Waals surface area (Å²) in [7, 11) is -3.35. The Balaban J connectivity index is 1.61. The van der Waals surface area contributed by atoms with Gasteiger partial charge in [0.05, 0.1) is 10.9 Å². The topological polar surface area (TPSA) is 110 Å². The number of rotatable bonds is 8. The molecule has 0 saturated carbocycles. The first-order chi connectivity index (χ1) is 17.1. The Labute approximate surface area is 209 Å². The number of sulfone groups is 1. The van der Waals surface area contributed by atoms with Gasteiger partial charge in [-0.15, -0.1) is 0 Å². The lowest BCUT2D eigenvalue weighted by atomic mass is 9.91. The number of carbonyl (C=O) groups excluding carboxylic acids is 3. The summed E-state index contributed by atoms with van der Waals surface area (Å²) in [6.07, 6.45) is 0.0918. The molecule has 0 unspecified atom stereocenters. The van der Waals surface area contributed by atoms with Gasteiger partial charge in [-0.25, -0.2) is 18.1 Å². The largest absolute Gasteiger partial charge is 0.422 e. The Bertz CT molecular complexity index is 1370. The van der Waals surface area contributed by atoms with E-state index in [1.54, 1.807) is 67.6 Å². The Morgan fingerprint density at radius 2 is 1.50 bits per heavy atom. The van der Waals surface area contributed by atoms with Gasteiger partial charge in [0.1, 0.15) is 0 Å². The van der Waals surface area contributed by atoms with Crippen LogP contribution in [0.25, 0.3) is 0 Å². The fourth-order valence-corrected chi connectivity index (χ4v) is 4.76. The Kier molecular flexibility index (Phi) is 6.94. The van der Waals surface area contributed by atoms with Crippen molar-refractivity contribution >= 4 is 27.7 Å². The molecule has 1 heterocycles. The first-order valence-corrected chi connectivity index (χ1v) is 13.2. The second-order valence-electron chi connectivity index (χ2n) is 8.72. The van der Waals surface area contributed by atoms with Crippen LogP contribution in [0.4, 0.5) is 4.79 Å². The molecule has 3 aromatic rings. The van der Waals surface area contributed by atoms with Gasteiger partial charge < -0.3 is 10.1 Å². The van der Waals surface area contributed by atoms with Gasteiger partial charge in [0.15, 0.2) is 9.84 Å². The summed E-state index contributed by atoms with van der Waals surface area (Å²) < 4.78 is 29.0. The minimum absolute atomic E-state index is 0.0124. The predicted molar refractivity (Wildman–Crippen MR) is 132 cm³/mol. The summed E-state index contributed by atoms with van der Waals surface area (Å²) in [5.41, 5.74) is -0.0733. The molecule has 36 heavy (non-hydrogen) atoms. The number of carbonyl (C=O) groups is 3. The number of nitrogens with one attached hydrogen (secondary N) is 1. The van der Waals surface area contributed by atoms with Crippen molar-refractivity contribution < 1.29 is 27.5 Å². The van der Waals surface area contributed by atoms with E-state index in [0.29, 0.717) is 11.1 Å². The quantitative estimate of drug-likeness (QED) is 0.469. The average molecular weight is 507 g/mol. The van der Waals surface area contributed by atoms with Crippen LogP contribution in [0.1, 0.15) is 29.7 Å². The lowest BCUT2D eigenvalue weighted by molar-refractivity contribution is -0.150. The first-order valence-electron chi connectivity index (χ1n) is 11.3. The number of hydrogen-bond acceptors (Lipinski definition) is 6. The van der Waals surface area contributed by atoms with Crippen molar-refractivity contribution in [2.75, 3.05) is 6.26 Å². The number of cyclic esters (lactones) is 1. The predicted octanol–water partition coefficient (Wildman–Crippen LogP) is 3.43. The fraction of sp³-hybridized carbons (Fsp3) is 0.222. The van der Waals surface area contributed by atoms with Crippen molar-refractivity contribution in [3.63, 3.8) is 0 Å². The normalized spacial score (nSPS) is 18.6. The lowest BCUT2D eigenvalue weighted by Gasteiger charge is -2.25. The highest BCUT2D eigenvalue weighted by atomic mass is 32.2. The SMILES string of the molecule is C[C@H](c1ccccc1)N1C(=O)O[C@](Cc2ccccc2)(C(=O)NCc2ccc(S(C)(=O)=O)cc2)C1=O. The van der Waals surface area contributed by atoms with Crippen molar-refractivity contribution in [1.29, 1.82) is 0 Å². The zero-order valence-electron chi connectivity index (χ0n) is 19.9. The van der Waals surface area contributed by atoms with Crippen LogP contribution < -0.4 is 5.32 Å². The maximum atomic E-state index is 13.7. The minimum atomic E-state index is -3.35. The standard InChI is InChI=1S/C27H26N2O6S/c1-19(22-11-7-4-8-12-22)29-25(31)27(35-26(29)32,17-20-9-5-3-6-10-20)24(30)28-18-21-13-15-23(16-14-21)36(2,33)34/h3-16,19H,17-18H2,1-2H3,(H,28,30)/t19-,27-/m1/s1. The van der Waals surface area contributed by atoms with Crippen molar-refractivity contribution in [1.82, 2.24) is 10.2 Å². The van der Waals surface area contributed by atoms with Crippen LogP contribution >= 0.6 is 0 Å². The average Bonchev–Trinajstić information content (AvgIpc) is 3.12. The maximum absolute atomic E-state index is 13.7. The van der Waals surface area contributed by atoms with Crippen molar-refractivity contribution in [2.45, 2.75) is 36.4 Å². The van der Waals surface area contributed by atoms with Crippen LogP contribution in [0.3, 0.4) is 0 Å². The van der Waals surface area contributed by atoms with Gasteiger partial charge in [0.2, 0.25) is 0 Å². The Morgan fingerprint density at radius 3 is 2.08 bits per heavy atom. The van der Waals surface area contributed by atoms with E-state index < -0.39 is 39.4 Å². The number of amides is 3. The number of hydrogen-bond donors (Lipinski definition) is 1. The third kappa shape index (κ3) is 5.01. The minimum Gasteiger partial charge on any atom is -0.422 e. The van der Waals surface area contributed by atoms with Crippen molar-refractivity contribution in [3.05, 3.63) is 102 Å². The maximum Gasteiger partial charge on any atom is 0.418 e. The van der Waals surface area contributed by atoms with E-state index in [1.807, 2.05) is 12.1 Å². The highest BCUT2D eigenvalue weighted by molar-refractivity contribution is 7.90. The van der Waals surface area contributed by atoms with E-state index in [1.165, 1.54) is 12.1 Å². The molecule has 8 nitrogen and oxygen atoms in total. The monoisotopic (exact) mass is 506 g/mol. The molecule has 3 amide bonds. The molecule has 1 aliphatic heterocycles. The zero-order chi connectivity index (χ0) is 25.9. The molecular formula is C27H26N2O6S. The molecule has 2 atom stereocenters.